The smallest absolute Gasteiger partial charge is 0.329 e. The van der Waals surface area contributed by atoms with E-state index in [0.29, 0.717) is 19.4 Å². The molecule has 2 aliphatic carbocycles. The minimum Gasteiger partial charge on any atom is -0.480 e. The molecule has 0 aromatic rings. The summed E-state index contributed by atoms with van der Waals surface area (Å²) in [5, 5.41) is 11.7. The summed E-state index contributed by atoms with van der Waals surface area (Å²) in [7, 11) is 0. The maximum absolute atomic E-state index is 12.2. The predicted molar refractivity (Wildman–Crippen MR) is 69.8 cm³/mol. The molecule has 2 saturated carbocycles. The summed E-state index contributed by atoms with van der Waals surface area (Å²) >= 11 is 0. The highest BCUT2D eigenvalue weighted by atomic mass is 16.4. The molecule has 6 heteroatoms. The van der Waals surface area contributed by atoms with Gasteiger partial charge in [-0.15, -0.1) is 0 Å². The maximum atomic E-state index is 12.2. The molecular formula is C14H20N2O4. The number of aliphatic carboxylic acids is 1. The van der Waals surface area contributed by atoms with Crippen LogP contribution in [0.5, 0.6) is 0 Å². The van der Waals surface area contributed by atoms with Gasteiger partial charge in [-0.2, -0.15) is 0 Å². The summed E-state index contributed by atoms with van der Waals surface area (Å²) in [6.45, 7) is 0.449. The molecule has 0 aromatic heterocycles. The van der Waals surface area contributed by atoms with Gasteiger partial charge >= 0.3 is 5.97 Å². The Morgan fingerprint density at radius 1 is 1.25 bits per heavy atom. The molecule has 3 fully saturated rings. The normalized spacial score (nSPS) is 28.7. The molecule has 1 unspecified atom stereocenters. The van der Waals surface area contributed by atoms with Gasteiger partial charge in [0, 0.05) is 19.0 Å². The van der Waals surface area contributed by atoms with Crippen molar-refractivity contribution in [2.45, 2.75) is 56.5 Å². The number of rotatable bonds is 4. The lowest BCUT2D eigenvalue weighted by molar-refractivity contribution is -0.143. The van der Waals surface area contributed by atoms with Crippen molar-refractivity contribution >= 4 is 17.8 Å². The van der Waals surface area contributed by atoms with E-state index in [4.69, 9.17) is 5.11 Å². The van der Waals surface area contributed by atoms with E-state index in [1.54, 1.807) is 0 Å². The molecule has 3 rings (SSSR count). The number of amides is 2. The predicted octanol–water partition coefficient (Wildman–Crippen LogP) is 0.511. The summed E-state index contributed by atoms with van der Waals surface area (Å²) < 4.78 is 0. The molecule has 0 spiro atoms. The summed E-state index contributed by atoms with van der Waals surface area (Å²) in [4.78, 5) is 37.1. The first-order valence-corrected chi connectivity index (χ1v) is 7.37. The number of likely N-dealkylation sites (tertiary alicyclic amines) is 1. The molecular weight excluding hydrogens is 260 g/mol. The highest BCUT2D eigenvalue weighted by Crippen LogP contribution is 2.36. The fraction of sp³-hybridized carbons (Fsp3) is 0.786. The second kappa shape index (κ2) is 4.75. The molecule has 6 nitrogen and oxygen atoms in total. The van der Waals surface area contributed by atoms with Crippen LogP contribution in [-0.4, -0.2) is 45.9 Å². The lowest BCUT2D eigenvalue weighted by Crippen LogP contribution is -2.46. The molecule has 2 N–H and O–H groups in total. The largest absolute Gasteiger partial charge is 0.480 e. The van der Waals surface area contributed by atoms with Gasteiger partial charge in [-0.1, -0.05) is 12.8 Å². The van der Waals surface area contributed by atoms with Crippen LogP contribution in [0.4, 0.5) is 0 Å². The Balaban J connectivity index is 1.60. The van der Waals surface area contributed by atoms with Crippen molar-refractivity contribution in [1.29, 1.82) is 0 Å². The molecule has 1 heterocycles. The Morgan fingerprint density at radius 2 is 1.90 bits per heavy atom. The monoisotopic (exact) mass is 280 g/mol. The minimum atomic E-state index is -1.05. The van der Waals surface area contributed by atoms with Crippen molar-refractivity contribution in [3.05, 3.63) is 0 Å². The molecule has 110 valence electrons. The number of hydrogen-bond acceptors (Lipinski definition) is 3. The second-order valence-corrected chi connectivity index (χ2v) is 6.26. The maximum Gasteiger partial charge on any atom is 0.329 e. The van der Waals surface area contributed by atoms with Gasteiger partial charge in [-0.05, 0) is 25.7 Å². The standard InChI is InChI=1S/C14H20N2O4/c17-11-7-9(8-16(11)10-3-1-2-4-10)12(18)15-14(5-6-14)13(19)20/h9-10H,1-8H2,(H,15,18)(H,19,20). The summed E-state index contributed by atoms with van der Waals surface area (Å²) in [5.41, 5.74) is -1.05. The van der Waals surface area contributed by atoms with E-state index in [1.165, 1.54) is 0 Å². The zero-order chi connectivity index (χ0) is 14.3. The third-order valence-corrected chi connectivity index (χ3v) is 4.82. The van der Waals surface area contributed by atoms with Crippen LogP contribution in [-0.2, 0) is 14.4 Å². The van der Waals surface area contributed by atoms with Gasteiger partial charge in [0.15, 0.2) is 0 Å². The highest BCUT2D eigenvalue weighted by molar-refractivity contribution is 5.94. The molecule has 1 aliphatic heterocycles. The SMILES string of the molecule is O=C(NC1(C(=O)O)CC1)C1CC(=O)N(C2CCCC2)C1. The van der Waals surface area contributed by atoms with Crippen molar-refractivity contribution in [3.8, 4) is 0 Å². The van der Waals surface area contributed by atoms with Crippen LogP contribution in [0.1, 0.15) is 44.9 Å². The van der Waals surface area contributed by atoms with Gasteiger partial charge in [-0.25, -0.2) is 4.79 Å². The van der Waals surface area contributed by atoms with Crippen molar-refractivity contribution in [2.75, 3.05) is 6.54 Å². The van der Waals surface area contributed by atoms with E-state index in [-0.39, 0.29) is 30.2 Å². The zero-order valence-corrected chi connectivity index (χ0v) is 11.4. The topological polar surface area (TPSA) is 86.7 Å². The number of carboxylic acid groups (broad SMARTS) is 1. The molecule has 3 aliphatic rings. The average Bonchev–Trinajstić information content (AvgIpc) is 2.85. The number of nitrogens with one attached hydrogen (secondary N) is 1. The van der Waals surface area contributed by atoms with E-state index in [1.807, 2.05) is 4.90 Å². The first-order chi connectivity index (χ1) is 9.52. The van der Waals surface area contributed by atoms with Crippen LogP contribution >= 0.6 is 0 Å². The van der Waals surface area contributed by atoms with Crippen LogP contribution < -0.4 is 5.32 Å². The Hall–Kier alpha value is -1.59. The van der Waals surface area contributed by atoms with Crippen molar-refractivity contribution in [3.63, 3.8) is 0 Å². The molecule has 2 amide bonds. The first kappa shape index (κ1) is 13.4. The Kier molecular flexibility index (Phi) is 3.18. The Morgan fingerprint density at radius 3 is 2.45 bits per heavy atom. The van der Waals surface area contributed by atoms with Gasteiger partial charge in [0.25, 0.3) is 0 Å². The number of carbonyl (C=O) groups is 3. The van der Waals surface area contributed by atoms with Crippen LogP contribution in [0.3, 0.4) is 0 Å². The van der Waals surface area contributed by atoms with E-state index >= 15 is 0 Å². The molecule has 0 bridgehead atoms. The fourth-order valence-corrected chi connectivity index (χ4v) is 3.33. The second-order valence-electron chi connectivity index (χ2n) is 6.26. The Labute approximate surface area is 117 Å². The number of nitrogens with zero attached hydrogens (tertiary/aromatic N) is 1. The third kappa shape index (κ3) is 2.27. The molecule has 0 radical (unpaired) electrons. The van der Waals surface area contributed by atoms with Gasteiger partial charge in [-0.3, -0.25) is 9.59 Å². The quantitative estimate of drug-likeness (QED) is 0.785. The number of carbonyl (C=O) groups excluding carboxylic acids is 2. The molecule has 1 saturated heterocycles. The number of hydrogen-bond donors (Lipinski definition) is 2. The fourth-order valence-electron chi connectivity index (χ4n) is 3.33. The third-order valence-electron chi connectivity index (χ3n) is 4.82. The van der Waals surface area contributed by atoms with Gasteiger partial charge in [0.1, 0.15) is 5.54 Å². The molecule has 0 aromatic carbocycles. The summed E-state index contributed by atoms with van der Waals surface area (Å²) in [6, 6.07) is 0.287. The average molecular weight is 280 g/mol. The van der Waals surface area contributed by atoms with Crippen LogP contribution in [0.2, 0.25) is 0 Å². The summed E-state index contributed by atoms with van der Waals surface area (Å²) in [5.74, 6) is -1.60. The zero-order valence-electron chi connectivity index (χ0n) is 11.4. The first-order valence-electron chi connectivity index (χ1n) is 7.37. The van der Waals surface area contributed by atoms with E-state index < -0.39 is 11.5 Å². The minimum absolute atomic E-state index is 0.0391. The van der Waals surface area contributed by atoms with E-state index in [2.05, 4.69) is 5.32 Å². The lowest BCUT2D eigenvalue weighted by atomic mass is 10.1. The van der Waals surface area contributed by atoms with Gasteiger partial charge < -0.3 is 15.3 Å². The molecule has 20 heavy (non-hydrogen) atoms. The highest BCUT2D eigenvalue weighted by Gasteiger charge is 2.53. The summed E-state index contributed by atoms with van der Waals surface area (Å²) in [6.07, 6.45) is 5.54. The van der Waals surface area contributed by atoms with E-state index in [9.17, 15) is 14.4 Å². The van der Waals surface area contributed by atoms with Crippen LogP contribution in [0.15, 0.2) is 0 Å². The van der Waals surface area contributed by atoms with Crippen LogP contribution in [0.25, 0.3) is 0 Å². The van der Waals surface area contributed by atoms with Crippen molar-refractivity contribution in [1.82, 2.24) is 10.2 Å². The van der Waals surface area contributed by atoms with Gasteiger partial charge in [0.2, 0.25) is 11.8 Å². The van der Waals surface area contributed by atoms with Crippen molar-refractivity contribution < 1.29 is 19.5 Å². The molecule has 1 atom stereocenters. The number of carboxylic acids is 1. The lowest BCUT2D eigenvalue weighted by Gasteiger charge is -2.24. The van der Waals surface area contributed by atoms with Gasteiger partial charge in [0.05, 0.1) is 5.92 Å². The van der Waals surface area contributed by atoms with Crippen molar-refractivity contribution in [2.24, 2.45) is 5.92 Å². The van der Waals surface area contributed by atoms with Crippen LogP contribution in [0, 0.1) is 5.92 Å². The Bertz CT molecular complexity index is 452. The van der Waals surface area contributed by atoms with E-state index in [0.717, 1.165) is 25.7 Å².